The fraction of sp³-hybridized carbons (Fsp3) is 0.800. The van der Waals surface area contributed by atoms with Gasteiger partial charge in [-0.15, -0.1) is 23.2 Å². The van der Waals surface area contributed by atoms with Crippen LogP contribution in [-0.2, 0) is 35.0 Å². The standard InChI is InChI=1S/C45H75Cl2N3O9/c1-12-38-45(8,56)42(53)32(6)49(11)27-28(2)26-44(7,55)35(30(4)40(52)31(5)43(54)58-38)25-37-41(36(48(9)10)24-29(3)57-37)59-39(51)15-13-14-33-16-18-34(19-17-33)50(22-20-46)23-21-47/h16-19,28-32,35-38,41-42,53,55-56H,12-15,20-27H2,1-11H3/t28-,29-,30-,31-,32-,35-,36+,37+,38-,41-,42-,44-,45-/m1/s1. The summed E-state index contributed by atoms with van der Waals surface area (Å²) in [4.78, 5) is 47.7. The summed E-state index contributed by atoms with van der Waals surface area (Å²) in [6, 6.07) is 7.50. The molecule has 1 aromatic rings. The first-order chi connectivity index (χ1) is 27.6. The maximum absolute atomic E-state index is 14.3. The lowest BCUT2D eigenvalue weighted by Crippen LogP contribution is -2.59. The van der Waals surface area contributed by atoms with Crippen LogP contribution in [0.2, 0.25) is 0 Å². The Kier molecular flexibility index (Phi) is 19.9. The van der Waals surface area contributed by atoms with Crippen LogP contribution < -0.4 is 4.90 Å². The summed E-state index contributed by atoms with van der Waals surface area (Å²) in [5.41, 5.74) is -1.07. The van der Waals surface area contributed by atoms with Crippen molar-refractivity contribution in [2.45, 2.75) is 154 Å². The highest BCUT2D eigenvalue weighted by Crippen LogP contribution is 2.40. The van der Waals surface area contributed by atoms with Gasteiger partial charge in [-0.2, -0.15) is 0 Å². The van der Waals surface area contributed by atoms with Gasteiger partial charge < -0.3 is 44.2 Å². The number of hydrogen-bond acceptors (Lipinski definition) is 12. The van der Waals surface area contributed by atoms with Crippen molar-refractivity contribution in [1.82, 2.24) is 9.80 Å². The Morgan fingerprint density at radius 2 is 1.63 bits per heavy atom. The lowest BCUT2D eigenvalue weighted by atomic mass is 9.69. The Labute approximate surface area is 364 Å². The predicted molar refractivity (Wildman–Crippen MR) is 234 cm³/mol. The second kappa shape index (κ2) is 22.9. The number of aliphatic hydroxyl groups excluding tert-OH is 1. The number of Topliss-reactive ketones (excluding diaryl/α,β-unsaturated/α-hetero) is 1. The van der Waals surface area contributed by atoms with Crippen molar-refractivity contribution in [3.8, 4) is 0 Å². The normalized spacial score (nSPS) is 35.8. The van der Waals surface area contributed by atoms with E-state index in [-0.39, 0.29) is 49.7 Å². The van der Waals surface area contributed by atoms with Crippen molar-refractivity contribution in [3.63, 3.8) is 0 Å². The number of benzene rings is 1. The summed E-state index contributed by atoms with van der Waals surface area (Å²) in [5.74, 6) is -3.42. The van der Waals surface area contributed by atoms with Gasteiger partial charge in [0, 0.05) is 55.5 Å². The minimum Gasteiger partial charge on any atom is -0.459 e. The molecule has 12 nitrogen and oxygen atoms in total. The summed E-state index contributed by atoms with van der Waals surface area (Å²) < 4.78 is 18.7. The molecule has 14 heteroatoms. The van der Waals surface area contributed by atoms with Gasteiger partial charge in [0.15, 0.2) is 0 Å². The van der Waals surface area contributed by atoms with E-state index < -0.39 is 71.2 Å². The number of carbonyl (C=O) groups is 3. The number of nitrogens with zero attached hydrogens (tertiary/aromatic N) is 3. The zero-order valence-corrected chi connectivity index (χ0v) is 39.0. The molecule has 338 valence electrons. The van der Waals surface area contributed by atoms with Crippen LogP contribution in [0.1, 0.15) is 99.5 Å². The van der Waals surface area contributed by atoms with E-state index in [0.717, 1.165) is 11.3 Å². The highest BCUT2D eigenvalue weighted by molar-refractivity contribution is 6.18. The Bertz CT molecular complexity index is 1470. The highest BCUT2D eigenvalue weighted by atomic mass is 35.5. The molecule has 0 unspecified atom stereocenters. The molecule has 0 radical (unpaired) electrons. The molecule has 0 saturated carbocycles. The molecule has 2 heterocycles. The first-order valence-electron chi connectivity index (χ1n) is 21.6. The first kappa shape index (κ1) is 51.3. The summed E-state index contributed by atoms with van der Waals surface area (Å²) in [5, 5.41) is 35.4. The molecule has 1 aromatic carbocycles. The topological polar surface area (TPSA) is 149 Å². The van der Waals surface area contributed by atoms with Crippen molar-refractivity contribution in [2.75, 3.05) is 57.4 Å². The molecule has 3 rings (SSSR count). The largest absolute Gasteiger partial charge is 0.459 e. The Morgan fingerprint density at radius 3 is 2.19 bits per heavy atom. The number of ether oxygens (including phenoxy) is 3. The van der Waals surface area contributed by atoms with Crippen molar-refractivity contribution >= 4 is 46.6 Å². The van der Waals surface area contributed by atoms with Gasteiger partial charge in [0.2, 0.25) is 0 Å². The maximum Gasteiger partial charge on any atom is 0.316 e. The molecule has 2 aliphatic heterocycles. The van der Waals surface area contributed by atoms with E-state index in [2.05, 4.69) is 17.0 Å². The number of carbonyl (C=O) groups excluding carboxylic acids is 3. The highest BCUT2D eigenvalue weighted by Gasteiger charge is 2.50. The van der Waals surface area contributed by atoms with Crippen molar-refractivity contribution in [2.24, 2.45) is 23.7 Å². The van der Waals surface area contributed by atoms with Crippen molar-refractivity contribution < 1.29 is 43.9 Å². The van der Waals surface area contributed by atoms with E-state index >= 15 is 0 Å². The molecule has 2 saturated heterocycles. The predicted octanol–water partition coefficient (Wildman–Crippen LogP) is 5.71. The summed E-state index contributed by atoms with van der Waals surface area (Å²) in [6.45, 7) is 15.8. The molecule has 2 fully saturated rings. The number of alkyl halides is 2. The fourth-order valence-corrected chi connectivity index (χ4v) is 9.82. The van der Waals surface area contributed by atoms with E-state index in [1.165, 1.54) is 13.8 Å². The molecule has 13 atom stereocenters. The van der Waals surface area contributed by atoms with Crippen LogP contribution in [0.5, 0.6) is 0 Å². The second-order valence-corrected chi connectivity index (χ2v) is 19.0. The number of aryl methyl sites for hydroxylation is 1. The van der Waals surface area contributed by atoms with Gasteiger partial charge in [0.1, 0.15) is 35.6 Å². The summed E-state index contributed by atoms with van der Waals surface area (Å²) in [7, 11) is 5.74. The minimum absolute atomic E-state index is 0.109. The SMILES string of the molecule is CC[C@H]1OC(=O)[C@H](C)C(=O)[C@H](C)[C@@H](C[C@@H]2O[C@H](C)C[C@H](N(C)C)[C@H]2OC(=O)CCCc2ccc(N(CCCl)CCCl)cc2)[C@](C)(O)C[C@@H](C)CN(C)[C@H](C)[C@@H](O)[C@]1(C)O. The molecule has 59 heavy (non-hydrogen) atoms. The smallest absolute Gasteiger partial charge is 0.316 e. The Morgan fingerprint density at radius 1 is 1.02 bits per heavy atom. The van der Waals surface area contributed by atoms with Gasteiger partial charge in [0.25, 0.3) is 0 Å². The van der Waals surface area contributed by atoms with Crippen LogP contribution in [0, 0.1) is 23.7 Å². The van der Waals surface area contributed by atoms with Crippen molar-refractivity contribution in [1.29, 1.82) is 0 Å². The van der Waals surface area contributed by atoms with E-state index in [1.807, 2.05) is 56.9 Å². The first-order valence-corrected chi connectivity index (χ1v) is 22.7. The number of hydrogen-bond donors (Lipinski definition) is 3. The van der Waals surface area contributed by atoms with Crippen LogP contribution in [0.25, 0.3) is 0 Å². The number of aliphatic hydroxyl groups is 3. The average molecular weight is 873 g/mol. The van der Waals surface area contributed by atoms with Gasteiger partial charge in [-0.05, 0) is 124 Å². The van der Waals surface area contributed by atoms with Crippen LogP contribution in [0.15, 0.2) is 24.3 Å². The third-order valence-electron chi connectivity index (χ3n) is 13.0. The summed E-state index contributed by atoms with van der Waals surface area (Å²) in [6.07, 6.45) is -1.09. The van der Waals surface area contributed by atoms with Gasteiger partial charge in [-0.1, -0.05) is 32.9 Å². The molecule has 0 aromatic heterocycles. The molecule has 0 spiro atoms. The number of likely N-dealkylation sites (N-methyl/N-ethyl adjacent to an activating group) is 2. The number of ketones is 1. The molecule has 0 bridgehead atoms. The Hall–Kier alpha value is -2.03. The monoisotopic (exact) mass is 871 g/mol. The van der Waals surface area contributed by atoms with Crippen LogP contribution in [-0.4, -0.2) is 149 Å². The number of anilines is 1. The zero-order chi connectivity index (χ0) is 44.4. The number of cyclic esters (lactones) is 1. The molecular weight excluding hydrogens is 797 g/mol. The molecule has 3 N–H and O–H groups in total. The molecular formula is C45H75Cl2N3O9. The van der Waals surface area contributed by atoms with Gasteiger partial charge in [-0.25, -0.2) is 0 Å². The number of rotatable bonds is 14. The van der Waals surface area contributed by atoms with E-state index in [1.54, 1.807) is 27.7 Å². The second-order valence-electron chi connectivity index (χ2n) is 18.2. The lowest BCUT2D eigenvalue weighted by Gasteiger charge is -2.47. The van der Waals surface area contributed by atoms with E-state index in [4.69, 9.17) is 37.4 Å². The van der Waals surface area contributed by atoms with Gasteiger partial charge in [-0.3, -0.25) is 14.4 Å². The number of halogens is 2. The van der Waals surface area contributed by atoms with Gasteiger partial charge in [0.05, 0.1) is 23.9 Å². The molecule has 0 aliphatic carbocycles. The summed E-state index contributed by atoms with van der Waals surface area (Å²) >= 11 is 12.0. The average Bonchev–Trinajstić information content (AvgIpc) is 3.17. The maximum atomic E-state index is 14.3. The van der Waals surface area contributed by atoms with Crippen molar-refractivity contribution in [3.05, 3.63) is 29.8 Å². The van der Waals surface area contributed by atoms with E-state index in [9.17, 15) is 29.7 Å². The molecule has 2 aliphatic rings. The fourth-order valence-electron chi connectivity index (χ4n) is 9.41. The van der Waals surface area contributed by atoms with Crippen LogP contribution >= 0.6 is 23.2 Å². The quantitative estimate of drug-likeness (QED) is 0.120. The van der Waals surface area contributed by atoms with Crippen LogP contribution in [0.3, 0.4) is 0 Å². The zero-order valence-electron chi connectivity index (χ0n) is 37.5. The minimum atomic E-state index is -1.79. The van der Waals surface area contributed by atoms with Gasteiger partial charge >= 0.3 is 11.9 Å². The third-order valence-corrected chi connectivity index (χ3v) is 13.4. The third kappa shape index (κ3) is 13.7. The lowest BCUT2D eigenvalue weighted by molar-refractivity contribution is -0.193. The van der Waals surface area contributed by atoms with Crippen LogP contribution in [0.4, 0.5) is 5.69 Å². The number of esters is 2. The Balaban J connectivity index is 1.90. The van der Waals surface area contributed by atoms with E-state index in [0.29, 0.717) is 50.7 Å². The molecule has 0 amide bonds.